The minimum absolute atomic E-state index is 0.334. The molecular formula is C10H12Cl2S. The summed E-state index contributed by atoms with van der Waals surface area (Å²) >= 11 is 13.9. The normalized spacial score (nSPS) is 33.9. The molecule has 1 aliphatic rings. The monoisotopic (exact) mass is 234 g/mol. The highest BCUT2D eigenvalue weighted by Crippen LogP contribution is 2.45. The molecule has 0 nitrogen and oxygen atoms in total. The van der Waals surface area contributed by atoms with Crippen LogP contribution in [-0.2, 0) is 0 Å². The lowest BCUT2D eigenvalue weighted by Gasteiger charge is -2.16. The molecule has 0 amide bonds. The Kier molecular flexibility index (Phi) is 2.87. The van der Waals surface area contributed by atoms with E-state index in [0.29, 0.717) is 17.2 Å². The molecule has 72 valence electrons. The molecule has 0 N–H and O–H groups in total. The van der Waals surface area contributed by atoms with Gasteiger partial charge in [-0.3, -0.25) is 0 Å². The SMILES string of the molecule is CC1C(Cl)CCC1c1ccsc1Cl. The molecule has 0 radical (unpaired) electrons. The molecule has 13 heavy (non-hydrogen) atoms. The van der Waals surface area contributed by atoms with Crippen molar-refractivity contribution in [2.24, 2.45) is 5.92 Å². The summed E-state index contributed by atoms with van der Waals surface area (Å²) in [6, 6.07) is 2.14. The maximum atomic E-state index is 6.19. The third kappa shape index (κ3) is 1.74. The van der Waals surface area contributed by atoms with E-state index in [1.165, 1.54) is 12.0 Å². The topological polar surface area (TPSA) is 0 Å². The predicted molar refractivity (Wildman–Crippen MR) is 60.1 cm³/mol. The van der Waals surface area contributed by atoms with Crippen LogP contribution in [0.4, 0.5) is 0 Å². The average molecular weight is 235 g/mol. The van der Waals surface area contributed by atoms with Crippen LogP contribution < -0.4 is 0 Å². The van der Waals surface area contributed by atoms with Crippen LogP contribution in [0.5, 0.6) is 0 Å². The summed E-state index contributed by atoms with van der Waals surface area (Å²) in [7, 11) is 0. The number of halogens is 2. The molecule has 1 heterocycles. The summed E-state index contributed by atoms with van der Waals surface area (Å²) in [4.78, 5) is 0. The van der Waals surface area contributed by atoms with Crippen LogP contribution in [-0.4, -0.2) is 5.38 Å². The van der Waals surface area contributed by atoms with Gasteiger partial charge >= 0.3 is 0 Å². The Morgan fingerprint density at radius 2 is 2.23 bits per heavy atom. The first-order chi connectivity index (χ1) is 6.20. The zero-order valence-electron chi connectivity index (χ0n) is 7.47. The highest BCUT2D eigenvalue weighted by molar-refractivity contribution is 7.14. The second-order valence-electron chi connectivity index (χ2n) is 3.71. The van der Waals surface area contributed by atoms with Crippen molar-refractivity contribution in [2.75, 3.05) is 0 Å². The van der Waals surface area contributed by atoms with Crippen LogP contribution in [0.3, 0.4) is 0 Å². The molecule has 2 rings (SSSR count). The van der Waals surface area contributed by atoms with Crippen molar-refractivity contribution in [2.45, 2.75) is 31.1 Å². The number of hydrogen-bond donors (Lipinski definition) is 0. The Morgan fingerprint density at radius 3 is 2.69 bits per heavy atom. The van der Waals surface area contributed by atoms with Gasteiger partial charge in [-0.05, 0) is 41.7 Å². The first-order valence-corrected chi connectivity index (χ1v) is 6.26. The van der Waals surface area contributed by atoms with Crippen molar-refractivity contribution in [1.29, 1.82) is 0 Å². The molecule has 3 heteroatoms. The first-order valence-electron chi connectivity index (χ1n) is 4.57. The van der Waals surface area contributed by atoms with Crippen molar-refractivity contribution in [3.8, 4) is 0 Å². The number of alkyl halides is 1. The fraction of sp³-hybridized carbons (Fsp3) is 0.600. The van der Waals surface area contributed by atoms with E-state index in [9.17, 15) is 0 Å². The molecule has 1 saturated carbocycles. The van der Waals surface area contributed by atoms with Gasteiger partial charge in [-0.2, -0.15) is 0 Å². The summed E-state index contributed by atoms with van der Waals surface area (Å²) in [5.41, 5.74) is 1.31. The fourth-order valence-corrected chi connectivity index (χ4v) is 3.47. The van der Waals surface area contributed by atoms with Crippen LogP contribution in [0.1, 0.15) is 31.2 Å². The maximum absolute atomic E-state index is 6.19. The smallest absolute Gasteiger partial charge is 0.0963 e. The van der Waals surface area contributed by atoms with Crippen LogP contribution in [0.2, 0.25) is 4.34 Å². The molecule has 0 bridgehead atoms. The minimum Gasteiger partial charge on any atom is -0.132 e. The van der Waals surface area contributed by atoms with Crippen molar-refractivity contribution in [3.05, 3.63) is 21.3 Å². The average Bonchev–Trinajstić information content (AvgIpc) is 2.62. The second kappa shape index (κ2) is 3.80. The molecule has 0 spiro atoms. The van der Waals surface area contributed by atoms with E-state index in [-0.39, 0.29) is 0 Å². The molecular weight excluding hydrogens is 223 g/mol. The van der Waals surface area contributed by atoms with E-state index in [2.05, 4.69) is 18.4 Å². The number of rotatable bonds is 1. The number of hydrogen-bond acceptors (Lipinski definition) is 1. The van der Waals surface area contributed by atoms with E-state index in [4.69, 9.17) is 23.2 Å². The standard InChI is InChI=1S/C10H12Cl2S/c1-6-7(2-3-9(6)11)8-4-5-13-10(8)12/h4-7,9H,2-3H2,1H3. The molecule has 3 atom stereocenters. The van der Waals surface area contributed by atoms with Gasteiger partial charge in [-0.15, -0.1) is 22.9 Å². The van der Waals surface area contributed by atoms with Crippen molar-refractivity contribution in [1.82, 2.24) is 0 Å². The highest BCUT2D eigenvalue weighted by atomic mass is 35.5. The number of thiophene rings is 1. The van der Waals surface area contributed by atoms with E-state index in [1.807, 2.05) is 0 Å². The lowest BCUT2D eigenvalue weighted by molar-refractivity contribution is 0.539. The molecule has 1 aromatic rings. The first kappa shape index (κ1) is 9.82. The molecule has 1 aliphatic carbocycles. The largest absolute Gasteiger partial charge is 0.132 e. The summed E-state index contributed by atoms with van der Waals surface area (Å²) in [5.74, 6) is 1.15. The second-order valence-corrected chi connectivity index (χ2v) is 5.79. The zero-order chi connectivity index (χ0) is 9.42. The quantitative estimate of drug-likeness (QED) is 0.627. The fourth-order valence-electron chi connectivity index (χ4n) is 2.13. The van der Waals surface area contributed by atoms with Crippen LogP contribution in [0, 0.1) is 5.92 Å². The van der Waals surface area contributed by atoms with Crippen molar-refractivity contribution in [3.63, 3.8) is 0 Å². The van der Waals surface area contributed by atoms with Gasteiger partial charge in [0.25, 0.3) is 0 Å². The van der Waals surface area contributed by atoms with Gasteiger partial charge in [0.15, 0.2) is 0 Å². The molecule has 0 aromatic carbocycles. The van der Waals surface area contributed by atoms with E-state index in [0.717, 1.165) is 10.8 Å². The van der Waals surface area contributed by atoms with Gasteiger partial charge in [0.05, 0.1) is 4.34 Å². The van der Waals surface area contributed by atoms with Gasteiger partial charge in [-0.1, -0.05) is 18.5 Å². The molecule has 3 unspecified atom stereocenters. The zero-order valence-corrected chi connectivity index (χ0v) is 9.79. The lowest BCUT2D eigenvalue weighted by Crippen LogP contribution is -2.08. The van der Waals surface area contributed by atoms with Gasteiger partial charge in [0.2, 0.25) is 0 Å². The summed E-state index contributed by atoms with van der Waals surface area (Å²) in [6.45, 7) is 2.23. The van der Waals surface area contributed by atoms with Crippen molar-refractivity contribution < 1.29 is 0 Å². The van der Waals surface area contributed by atoms with E-state index >= 15 is 0 Å². The third-order valence-electron chi connectivity index (χ3n) is 3.00. The highest BCUT2D eigenvalue weighted by Gasteiger charge is 2.33. The summed E-state index contributed by atoms with van der Waals surface area (Å²) in [6.07, 6.45) is 2.31. The Labute approximate surface area is 92.9 Å². The van der Waals surface area contributed by atoms with Crippen LogP contribution >= 0.6 is 34.5 Å². The molecule has 0 saturated heterocycles. The predicted octanol–water partition coefficient (Wildman–Crippen LogP) is 4.52. The van der Waals surface area contributed by atoms with Gasteiger partial charge in [0.1, 0.15) is 0 Å². The van der Waals surface area contributed by atoms with Gasteiger partial charge < -0.3 is 0 Å². The van der Waals surface area contributed by atoms with Crippen LogP contribution in [0.15, 0.2) is 11.4 Å². The van der Waals surface area contributed by atoms with E-state index in [1.54, 1.807) is 11.3 Å². The minimum atomic E-state index is 0.334. The van der Waals surface area contributed by atoms with Gasteiger partial charge in [-0.25, -0.2) is 0 Å². The molecule has 1 fully saturated rings. The Hall–Kier alpha value is 0.280. The van der Waals surface area contributed by atoms with Crippen molar-refractivity contribution >= 4 is 34.5 Å². The third-order valence-corrected chi connectivity index (χ3v) is 4.82. The Morgan fingerprint density at radius 1 is 1.46 bits per heavy atom. The molecule has 0 aliphatic heterocycles. The maximum Gasteiger partial charge on any atom is 0.0963 e. The van der Waals surface area contributed by atoms with Crippen LogP contribution in [0.25, 0.3) is 0 Å². The molecule has 1 aromatic heterocycles. The summed E-state index contributed by atoms with van der Waals surface area (Å²) in [5, 5.41) is 2.40. The van der Waals surface area contributed by atoms with Gasteiger partial charge in [0, 0.05) is 5.38 Å². The summed E-state index contributed by atoms with van der Waals surface area (Å²) < 4.78 is 0.947. The van der Waals surface area contributed by atoms with E-state index < -0.39 is 0 Å². The Balaban J connectivity index is 2.23. The lowest BCUT2D eigenvalue weighted by atomic mass is 9.92. The Bertz CT molecular complexity index is 295.